The molecular weight excluding hydrogens is 465 g/mol. The van der Waals surface area contributed by atoms with E-state index in [1.807, 2.05) is 19.9 Å². The lowest BCUT2D eigenvalue weighted by molar-refractivity contribution is -0.137. The molecule has 4 rings (SSSR count). The van der Waals surface area contributed by atoms with Crippen LogP contribution in [0.3, 0.4) is 0 Å². The van der Waals surface area contributed by atoms with Crippen molar-refractivity contribution < 1.29 is 22.8 Å². The minimum Gasteiger partial charge on any atom is -0.308 e. The predicted octanol–water partition coefficient (Wildman–Crippen LogP) is 3.57. The zero-order chi connectivity index (χ0) is 25.3. The Morgan fingerprint density at radius 3 is 2.54 bits per heavy atom. The number of hydrogen-bond acceptors (Lipinski definition) is 5. The van der Waals surface area contributed by atoms with E-state index in [9.17, 15) is 27.6 Å². The summed E-state index contributed by atoms with van der Waals surface area (Å²) in [5, 5.41) is 8.66. The molecule has 0 unspecified atom stereocenters. The van der Waals surface area contributed by atoms with Crippen molar-refractivity contribution in [3.05, 3.63) is 82.0 Å². The summed E-state index contributed by atoms with van der Waals surface area (Å²) in [5.74, 6) is -0.764. The van der Waals surface area contributed by atoms with Crippen molar-refractivity contribution in [3.8, 4) is 5.69 Å². The van der Waals surface area contributed by atoms with Crippen LogP contribution in [0.2, 0.25) is 0 Å². The number of amides is 3. The Morgan fingerprint density at radius 2 is 1.83 bits per heavy atom. The lowest BCUT2D eigenvalue weighted by Crippen LogP contribution is -2.38. The predicted molar refractivity (Wildman–Crippen MR) is 121 cm³/mol. The highest BCUT2D eigenvalue weighted by atomic mass is 19.4. The number of urea groups is 1. The molecule has 0 aliphatic heterocycles. The van der Waals surface area contributed by atoms with E-state index in [2.05, 4.69) is 20.7 Å². The summed E-state index contributed by atoms with van der Waals surface area (Å²) in [5.41, 5.74) is 1.09. The van der Waals surface area contributed by atoms with Crippen LogP contribution >= 0.6 is 0 Å². The summed E-state index contributed by atoms with van der Waals surface area (Å²) in [6.45, 7) is 3.31. The lowest BCUT2D eigenvalue weighted by atomic mass is 10.1. The fourth-order valence-electron chi connectivity index (χ4n) is 3.37. The van der Waals surface area contributed by atoms with Gasteiger partial charge in [-0.15, -0.1) is 0 Å². The van der Waals surface area contributed by atoms with Crippen LogP contribution in [0.4, 0.5) is 23.7 Å². The number of nitrogens with zero attached hydrogens (tertiary/aromatic N) is 4. The first-order valence-electron chi connectivity index (χ1n) is 10.3. The van der Waals surface area contributed by atoms with Gasteiger partial charge in [-0.1, -0.05) is 12.1 Å². The molecule has 2 heterocycles. The van der Waals surface area contributed by atoms with Crippen LogP contribution in [0.5, 0.6) is 0 Å². The van der Waals surface area contributed by atoms with E-state index in [-0.39, 0.29) is 16.7 Å². The van der Waals surface area contributed by atoms with Crippen molar-refractivity contribution in [2.24, 2.45) is 0 Å². The second-order valence-electron chi connectivity index (χ2n) is 7.82. The monoisotopic (exact) mass is 484 g/mol. The Balaban J connectivity index is 1.51. The van der Waals surface area contributed by atoms with Gasteiger partial charge in [0.1, 0.15) is 18.3 Å². The lowest BCUT2D eigenvalue weighted by Gasteiger charge is -2.10. The van der Waals surface area contributed by atoms with E-state index < -0.39 is 35.8 Å². The third-order valence-electron chi connectivity index (χ3n) is 5.30. The number of nitrogens with one attached hydrogen (secondary N) is 2. The maximum atomic E-state index is 13.0. The second-order valence-corrected chi connectivity index (χ2v) is 7.82. The minimum absolute atomic E-state index is 0.00251. The first-order chi connectivity index (χ1) is 16.5. The topological polar surface area (TPSA) is 111 Å². The fourth-order valence-corrected chi connectivity index (χ4v) is 3.37. The van der Waals surface area contributed by atoms with Gasteiger partial charge < -0.3 is 5.32 Å². The molecule has 0 saturated carbocycles. The molecule has 0 atom stereocenters. The van der Waals surface area contributed by atoms with Crippen molar-refractivity contribution in [3.63, 3.8) is 0 Å². The van der Waals surface area contributed by atoms with Gasteiger partial charge in [0.05, 0.1) is 17.4 Å². The molecule has 0 aliphatic carbocycles. The smallest absolute Gasteiger partial charge is 0.308 e. The summed E-state index contributed by atoms with van der Waals surface area (Å²) >= 11 is 0. The molecule has 0 bridgehead atoms. The summed E-state index contributed by atoms with van der Waals surface area (Å²) < 4.78 is 41.2. The number of halogens is 3. The van der Waals surface area contributed by atoms with Crippen molar-refractivity contribution in [1.82, 2.24) is 24.6 Å². The van der Waals surface area contributed by atoms with Gasteiger partial charge in [-0.3, -0.25) is 19.5 Å². The molecule has 2 N–H and O–H groups in total. The van der Waals surface area contributed by atoms with Crippen LogP contribution in [-0.2, 0) is 17.5 Å². The molecule has 2 aromatic heterocycles. The molecule has 4 aromatic rings. The van der Waals surface area contributed by atoms with Crippen molar-refractivity contribution in [1.29, 1.82) is 0 Å². The zero-order valence-corrected chi connectivity index (χ0v) is 18.6. The van der Waals surface area contributed by atoms with Crippen molar-refractivity contribution in [2.45, 2.75) is 26.6 Å². The molecule has 2 aromatic carbocycles. The molecule has 0 saturated heterocycles. The number of alkyl halides is 3. The standard InChI is InChI=1S/C23H19F3N6O3/c1-13-6-7-16(8-14(13)2)29-22(35)30-19(33)11-31-12-27-20-18(21(31)34)10-28-32(20)17-5-3-4-15(9-17)23(24,25)26/h3-10,12H,11H2,1-2H3,(H2,29,30,33,35). The van der Waals surface area contributed by atoms with Gasteiger partial charge in [-0.25, -0.2) is 14.5 Å². The average molecular weight is 484 g/mol. The normalized spacial score (nSPS) is 11.5. The first kappa shape index (κ1) is 23.7. The van der Waals surface area contributed by atoms with Crippen LogP contribution < -0.4 is 16.2 Å². The number of aromatic nitrogens is 4. The number of anilines is 1. The minimum atomic E-state index is -4.54. The largest absolute Gasteiger partial charge is 0.416 e. The number of imide groups is 1. The van der Waals surface area contributed by atoms with Gasteiger partial charge in [0.2, 0.25) is 5.91 Å². The molecular formula is C23H19F3N6O3. The first-order valence-corrected chi connectivity index (χ1v) is 10.3. The molecule has 180 valence electrons. The highest BCUT2D eigenvalue weighted by Crippen LogP contribution is 2.30. The van der Waals surface area contributed by atoms with Crippen LogP contribution in [-0.4, -0.2) is 31.3 Å². The van der Waals surface area contributed by atoms with Gasteiger partial charge in [0.15, 0.2) is 5.65 Å². The number of rotatable bonds is 4. The zero-order valence-electron chi connectivity index (χ0n) is 18.6. The van der Waals surface area contributed by atoms with E-state index >= 15 is 0 Å². The molecule has 0 fully saturated rings. The Morgan fingerprint density at radius 1 is 1.06 bits per heavy atom. The van der Waals surface area contributed by atoms with E-state index in [1.54, 1.807) is 12.1 Å². The van der Waals surface area contributed by atoms with Crippen LogP contribution in [0.15, 0.2) is 59.8 Å². The van der Waals surface area contributed by atoms with Crippen molar-refractivity contribution >= 4 is 28.7 Å². The van der Waals surface area contributed by atoms with Gasteiger partial charge in [0.25, 0.3) is 5.56 Å². The molecule has 0 radical (unpaired) electrons. The average Bonchev–Trinajstić information content (AvgIpc) is 3.22. The third-order valence-corrected chi connectivity index (χ3v) is 5.30. The fraction of sp³-hybridized carbons (Fsp3) is 0.174. The summed E-state index contributed by atoms with van der Waals surface area (Å²) in [4.78, 5) is 41.3. The second kappa shape index (κ2) is 9.05. The highest BCUT2D eigenvalue weighted by Gasteiger charge is 2.30. The maximum Gasteiger partial charge on any atom is 0.416 e. The number of hydrogen-bond donors (Lipinski definition) is 2. The van der Waals surface area contributed by atoms with Gasteiger partial charge in [-0.2, -0.15) is 18.3 Å². The highest BCUT2D eigenvalue weighted by molar-refractivity contribution is 6.01. The number of carbonyl (C=O) groups excluding carboxylic acids is 2. The van der Waals surface area contributed by atoms with E-state index in [0.717, 1.165) is 45.0 Å². The number of fused-ring (bicyclic) bond motifs is 1. The Kier molecular flexibility index (Phi) is 6.12. The number of aryl methyl sites for hydroxylation is 2. The van der Waals surface area contributed by atoms with Crippen LogP contribution in [0, 0.1) is 13.8 Å². The third kappa shape index (κ3) is 5.05. The number of benzene rings is 2. The van der Waals surface area contributed by atoms with Gasteiger partial charge >= 0.3 is 12.2 Å². The van der Waals surface area contributed by atoms with Crippen LogP contribution in [0.25, 0.3) is 16.7 Å². The molecule has 12 heteroatoms. The molecule has 3 amide bonds. The van der Waals surface area contributed by atoms with Gasteiger partial charge in [0, 0.05) is 5.69 Å². The molecule has 0 aliphatic rings. The summed E-state index contributed by atoms with van der Waals surface area (Å²) in [7, 11) is 0. The molecule has 0 spiro atoms. The van der Waals surface area contributed by atoms with E-state index in [0.29, 0.717) is 5.69 Å². The summed E-state index contributed by atoms with van der Waals surface area (Å²) in [6, 6.07) is 8.94. The summed E-state index contributed by atoms with van der Waals surface area (Å²) in [6.07, 6.45) is -2.32. The van der Waals surface area contributed by atoms with E-state index in [4.69, 9.17) is 0 Å². The Hall–Kier alpha value is -4.48. The SMILES string of the molecule is Cc1ccc(NC(=O)NC(=O)Cn2cnc3c(cnn3-c3cccc(C(F)(F)F)c3)c2=O)cc1C. The number of carbonyl (C=O) groups is 2. The van der Waals surface area contributed by atoms with Gasteiger partial charge in [-0.05, 0) is 55.3 Å². The van der Waals surface area contributed by atoms with E-state index in [1.165, 1.54) is 12.1 Å². The molecule has 35 heavy (non-hydrogen) atoms. The quantitative estimate of drug-likeness (QED) is 0.460. The van der Waals surface area contributed by atoms with Crippen molar-refractivity contribution in [2.75, 3.05) is 5.32 Å². The molecule has 9 nitrogen and oxygen atoms in total. The van der Waals surface area contributed by atoms with Crippen LogP contribution in [0.1, 0.15) is 16.7 Å². The maximum absolute atomic E-state index is 13.0. The Labute approximate surface area is 196 Å². The Bertz CT molecular complexity index is 1510.